The first-order chi connectivity index (χ1) is 14.0. The van der Waals surface area contributed by atoms with E-state index in [1.807, 2.05) is 12.1 Å². The Morgan fingerprint density at radius 2 is 1.97 bits per heavy atom. The van der Waals surface area contributed by atoms with Gasteiger partial charge in [0.2, 0.25) is 10.0 Å². The summed E-state index contributed by atoms with van der Waals surface area (Å²) in [7, 11) is -2.55. The maximum atomic E-state index is 13.3. The number of esters is 1. The Morgan fingerprint density at radius 3 is 2.66 bits per heavy atom. The highest BCUT2D eigenvalue weighted by molar-refractivity contribution is 7.89. The molecule has 1 aromatic heterocycles. The largest absolute Gasteiger partial charge is 0.465 e. The van der Waals surface area contributed by atoms with E-state index in [4.69, 9.17) is 4.74 Å². The number of nitrogens with zero attached hydrogens (tertiary/aromatic N) is 3. The van der Waals surface area contributed by atoms with Gasteiger partial charge in [0, 0.05) is 38.1 Å². The van der Waals surface area contributed by atoms with Gasteiger partial charge in [-0.25, -0.2) is 13.2 Å². The van der Waals surface area contributed by atoms with Crippen molar-refractivity contribution in [3.05, 3.63) is 59.9 Å². The van der Waals surface area contributed by atoms with Crippen LogP contribution in [0.15, 0.2) is 53.7 Å². The lowest BCUT2D eigenvalue weighted by Crippen LogP contribution is -2.49. The number of carbonyl (C=O) groups excluding carboxylic acids is 1. The fourth-order valence-electron chi connectivity index (χ4n) is 3.77. The topological polar surface area (TPSA) is 79.8 Å². The second-order valence-corrected chi connectivity index (χ2v) is 8.97. The summed E-state index contributed by atoms with van der Waals surface area (Å²) in [6.45, 7) is 4.50. The van der Waals surface area contributed by atoms with Crippen molar-refractivity contribution in [3.8, 4) is 0 Å². The molecule has 0 bridgehead atoms. The third-order valence-electron chi connectivity index (χ3n) is 5.33. The summed E-state index contributed by atoms with van der Waals surface area (Å²) in [5, 5.41) is 0. The number of methoxy groups -OCH3 is 1. The molecule has 0 amide bonds. The van der Waals surface area contributed by atoms with Crippen LogP contribution in [0.1, 0.15) is 35.7 Å². The van der Waals surface area contributed by atoms with E-state index in [2.05, 4.69) is 16.8 Å². The van der Waals surface area contributed by atoms with E-state index in [0.29, 0.717) is 13.1 Å². The fraction of sp³-hybridized carbons (Fsp3) is 0.429. The first-order valence-electron chi connectivity index (χ1n) is 9.77. The molecular weight excluding hydrogens is 390 g/mol. The Bertz CT molecular complexity index is 934. The minimum absolute atomic E-state index is 0.00434. The van der Waals surface area contributed by atoms with Gasteiger partial charge in [-0.3, -0.25) is 9.88 Å². The zero-order chi connectivity index (χ0) is 20.9. The molecule has 0 spiro atoms. The molecule has 1 aromatic carbocycles. The molecule has 156 valence electrons. The lowest BCUT2D eigenvalue weighted by atomic mass is 10.1. The van der Waals surface area contributed by atoms with Crippen LogP contribution in [-0.2, 0) is 21.3 Å². The summed E-state index contributed by atoms with van der Waals surface area (Å²) in [4.78, 5) is 18.4. The van der Waals surface area contributed by atoms with E-state index >= 15 is 0 Å². The number of likely N-dealkylation sites (N-methyl/N-ethyl adjacent to an activating group) is 1. The molecule has 8 heteroatoms. The summed E-state index contributed by atoms with van der Waals surface area (Å²) in [6.07, 6.45) is 5.25. The number of piperidine rings is 1. The van der Waals surface area contributed by atoms with Crippen LogP contribution in [0.5, 0.6) is 0 Å². The van der Waals surface area contributed by atoms with Gasteiger partial charge in [-0.1, -0.05) is 19.1 Å². The SMILES string of the molecule is CCN(Cc1ccncc1)[C@@H]1CCCN(S(=O)(=O)c2ccccc2C(=O)OC)C1. The van der Waals surface area contributed by atoms with E-state index in [1.54, 1.807) is 24.5 Å². The van der Waals surface area contributed by atoms with Crippen LogP contribution in [0.2, 0.25) is 0 Å². The number of rotatable bonds is 7. The minimum atomic E-state index is -3.80. The number of sulfonamides is 1. The molecule has 0 aliphatic carbocycles. The first-order valence-corrected chi connectivity index (χ1v) is 11.2. The highest BCUT2D eigenvalue weighted by Crippen LogP contribution is 2.26. The van der Waals surface area contributed by atoms with Gasteiger partial charge in [-0.05, 0) is 49.2 Å². The van der Waals surface area contributed by atoms with Crippen LogP contribution in [0.4, 0.5) is 0 Å². The van der Waals surface area contributed by atoms with Crippen molar-refractivity contribution in [1.29, 1.82) is 0 Å². The van der Waals surface area contributed by atoms with Gasteiger partial charge in [-0.2, -0.15) is 4.31 Å². The molecule has 1 aliphatic heterocycles. The Morgan fingerprint density at radius 1 is 1.24 bits per heavy atom. The maximum absolute atomic E-state index is 13.3. The second kappa shape index (κ2) is 9.47. The molecule has 1 fully saturated rings. The summed E-state index contributed by atoms with van der Waals surface area (Å²) in [6, 6.07) is 10.3. The van der Waals surface area contributed by atoms with Gasteiger partial charge in [0.25, 0.3) is 0 Å². The fourth-order valence-corrected chi connectivity index (χ4v) is 5.46. The average molecular weight is 418 g/mol. The van der Waals surface area contributed by atoms with E-state index < -0.39 is 16.0 Å². The van der Waals surface area contributed by atoms with Crippen LogP contribution in [0.3, 0.4) is 0 Å². The number of pyridine rings is 1. The molecule has 0 radical (unpaired) electrons. The van der Waals surface area contributed by atoms with Crippen LogP contribution >= 0.6 is 0 Å². The number of hydrogen-bond acceptors (Lipinski definition) is 6. The summed E-state index contributed by atoms with van der Waals surface area (Å²) in [5.74, 6) is -0.648. The van der Waals surface area contributed by atoms with Gasteiger partial charge in [-0.15, -0.1) is 0 Å². The molecular formula is C21H27N3O4S. The third kappa shape index (κ3) is 4.83. The van der Waals surface area contributed by atoms with Crippen molar-refractivity contribution in [2.75, 3.05) is 26.7 Å². The molecule has 0 N–H and O–H groups in total. The van der Waals surface area contributed by atoms with Gasteiger partial charge < -0.3 is 4.74 Å². The van der Waals surface area contributed by atoms with Crippen molar-refractivity contribution in [2.24, 2.45) is 0 Å². The molecule has 0 saturated carbocycles. The summed E-state index contributed by atoms with van der Waals surface area (Å²) in [5.41, 5.74) is 1.22. The third-order valence-corrected chi connectivity index (χ3v) is 7.25. The van der Waals surface area contributed by atoms with Crippen LogP contribution in [0, 0.1) is 0 Å². The molecule has 2 heterocycles. The number of hydrogen-bond donors (Lipinski definition) is 0. The number of ether oxygens (including phenoxy) is 1. The summed E-state index contributed by atoms with van der Waals surface area (Å²) < 4.78 is 32.9. The quantitative estimate of drug-likeness (QED) is 0.644. The minimum Gasteiger partial charge on any atom is -0.465 e. The van der Waals surface area contributed by atoms with E-state index in [1.165, 1.54) is 23.5 Å². The van der Waals surface area contributed by atoms with Crippen molar-refractivity contribution < 1.29 is 17.9 Å². The van der Waals surface area contributed by atoms with Gasteiger partial charge in [0.1, 0.15) is 0 Å². The van der Waals surface area contributed by atoms with Crippen molar-refractivity contribution in [3.63, 3.8) is 0 Å². The number of aromatic nitrogens is 1. The zero-order valence-electron chi connectivity index (χ0n) is 16.8. The van der Waals surface area contributed by atoms with Gasteiger partial charge in [0.15, 0.2) is 0 Å². The smallest absolute Gasteiger partial charge is 0.339 e. The first kappa shape index (κ1) is 21.4. The monoisotopic (exact) mass is 417 g/mol. The molecule has 1 aliphatic rings. The molecule has 0 unspecified atom stereocenters. The predicted octanol–water partition coefficient (Wildman–Crippen LogP) is 2.54. The van der Waals surface area contributed by atoms with E-state index in [9.17, 15) is 13.2 Å². The molecule has 1 atom stereocenters. The Kier molecular flexibility index (Phi) is 7.00. The lowest BCUT2D eigenvalue weighted by molar-refractivity contribution is 0.0596. The Hall–Kier alpha value is -2.29. The van der Waals surface area contributed by atoms with Crippen molar-refractivity contribution >= 4 is 16.0 Å². The van der Waals surface area contributed by atoms with Crippen molar-refractivity contribution in [2.45, 2.75) is 37.2 Å². The molecule has 7 nitrogen and oxygen atoms in total. The molecule has 2 aromatic rings. The predicted molar refractivity (Wildman–Crippen MR) is 110 cm³/mol. The molecule has 3 rings (SSSR count). The highest BCUT2D eigenvalue weighted by atomic mass is 32.2. The van der Waals surface area contributed by atoms with Crippen LogP contribution < -0.4 is 0 Å². The van der Waals surface area contributed by atoms with E-state index in [0.717, 1.165) is 31.5 Å². The van der Waals surface area contributed by atoms with Gasteiger partial charge in [0.05, 0.1) is 17.6 Å². The van der Waals surface area contributed by atoms with Gasteiger partial charge >= 0.3 is 5.97 Å². The zero-order valence-corrected chi connectivity index (χ0v) is 17.6. The van der Waals surface area contributed by atoms with E-state index in [-0.39, 0.29) is 16.5 Å². The summed E-state index contributed by atoms with van der Waals surface area (Å²) >= 11 is 0. The second-order valence-electron chi connectivity index (χ2n) is 7.07. The normalized spacial score (nSPS) is 18.0. The average Bonchev–Trinajstić information content (AvgIpc) is 2.77. The van der Waals surface area contributed by atoms with Crippen LogP contribution in [0.25, 0.3) is 0 Å². The highest BCUT2D eigenvalue weighted by Gasteiger charge is 2.34. The number of carbonyl (C=O) groups is 1. The molecule has 1 saturated heterocycles. The Labute approximate surface area is 172 Å². The Balaban J connectivity index is 1.82. The number of benzene rings is 1. The maximum Gasteiger partial charge on any atom is 0.339 e. The van der Waals surface area contributed by atoms with Crippen molar-refractivity contribution in [1.82, 2.24) is 14.2 Å². The lowest BCUT2D eigenvalue weighted by Gasteiger charge is -2.38. The van der Waals surface area contributed by atoms with Crippen LogP contribution in [-0.4, -0.2) is 61.4 Å². The molecule has 29 heavy (non-hydrogen) atoms. The standard InChI is InChI=1S/C21H27N3O4S/c1-3-23(15-17-10-12-22-13-11-17)18-7-6-14-24(16-18)29(26,27)20-9-5-4-8-19(20)21(25)28-2/h4-5,8-13,18H,3,6-7,14-16H2,1-2H3/t18-/m1/s1.